The van der Waals surface area contributed by atoms with Gasteiger partial charge in [0.15, 0.2) is 6.10 Å². The maximum atomic E-state index is 11.8. The highest BCUT2D eigenvalue weighted by Crippen LogP contribution is 2.32. The molecule has 1 fully saturated rings. The first-order valence-electron chi connectivity index (χ1n) is 6.64. The lowest BCUT2D eigenvalue weighted by Gasteiger charge is -2.27. The summed E-state index contributed by atoms with van der Waals surface area (Å²) in [7, 11) is 1.73. The Labute approximate surface area is 121 Å². The van der Waals surface area contributed by atoms with Crippen LogP contribution >= 0.6 is 0 Å². The van der Waals surface area contributed by atoms with Gasteiger partial charge in [-0.05, 0) is 30.2 Å². The minimum absolute atomic E-state index is 0.0737. The molecular formula is C14H15N3O4. The van der Waals surface area contributed by atoms with Gasteiger partial charge in [0.1, 0.15) is 0 Å². The molecule has 2 aliphatic heterocycles. The minimum atomic E-state index is -0.919. The van der Waals surface area contributed by atoms with Crippen LogP contribution in [0.15, 0.2) is 18.2 Å². The number of fused-ring (bicyclic) bond motifs is 1. The summed E-state index contributed by atoms with van der Waals surface area (Å²) in [6.07, 6.45) is -0.424. The molecule has 0 saturated carbocycles. The van der Waals surface area contributed by atoms with Gasteiger partial charge in [0.2, 0.25) is 5.91 Å². The summed E-state index contributed by atoms with van der Waals surface area (Å²) in [6, 6.07) is 5.38. The van der Waals surface area contributed by atoms with Gasteiger partial charge >= 0.3 is 6.09 Å². The third-order valence-corrected chi connectivity index (χ3v) is 3.85. The molecule has 2 heterocycles. The summed E-state index contributed by atoms with van der Waals surface area (Å²) in [4.78, 5) is 37.6. The van der Waals surface area contributed by atoms with Crippen molar-refractivity contribution in [3.63, 3.8) is 0 Å². The van der Waals surface area contributed by atoms with Crippen LogP contribution in [0.5, 0.6) is 0 Å². The number of cyclic esters (lactones) is 1. The molecule has 7 heteroatoms. The monoisotopic (exact) mass is 289 g/mol. The number of aryl methyl sites for hydroxylation is 1. The maximum absolute atomic E-state index is 11.8. The number of hydrogen-bond donors (Lipinski definition) is 1. The summed E-state index contributed by atoms with van der Waals surface area (Å²) in [5, 5.41) is 0. The number of amides is 3. The van der Waals surface area contributed by atoms with Gasteiger partial charge in [0, 0.05) is 24.8 Å². The summed E-state index contributed by atoms with van der Waals surface area (Å²) >= 11 is 0. The Bertz CT molecular complexity index is 643. The van der Waals surface area contributed by atoms with Crippen LogP contribution in [0.4, 0.5) is 16.2 Å². The Morgan fingerprint density at radius 2 is 2.10 bits per heavy atom. The SMILES string of the molecule is CN1C(=O)CCc2cc(N3CC(C(N)=O)OC3=O)ccc21. The van der Waals surface area contributed by atoms with Crippen LogP contribution in [0, 0.1) is 0 Å². The summed E-state index contributed by atoms with van der Waals surface area (Å²) < 4.78 is 4.92. The van der Waals surface area contributed by atoms with E-state index in [4.69, 9.17) is 10.5 Å². The van der Waals surface area contributed by atoms with Crippen molar-refractivity contribution in [2.45, 2.75) is 18.9 Å². The van der Waals surface area contributed by atoms with Gasteiger partial charge in [-0.3, -0.25) is 14.5 Å². The van der Waals surface area contributed by atoms with E-state index in [0.29, 0.717) is 18.5 Å². The minimum Gasteiger partial charge on any atom is -0.434 e. The summed E-state index contributed by atoms with van der Waals surface area (Å²) in [5.74, 6) is -0.584. The fourth-order valence-corrected chi connectivity index (χ4v) is 2.63. The maximum Gasteiger partial charge on any atom is 0.415 e. The third kappa shape index (κ3) is 2.20. The Morgan fingerprint density at radius 3 is 2.76 bits per heavy atom. The van der Waals surface area contributed by atoms with Crippen molar-refractivity contribution in [1.29, 1.82) is 0 Å². The van der Waals surface area contributed by atoms with Crippen molar-refractivity contribution in [3.8, 4) is 0 Å². The topological polar surface area (TPSA) is 92.9 Å². The Hall–Kier alpha value is -2.57. The van der Waals surface area contributed by atoms with Crippen molar-refractivity contribution >= 4 is 29.3 Å². The number of carbonyl (C=O) groups is 3. The van der Waals surface area contributed by atoms with Crippen LogP contribution in [0.1, 0.15) is 12.0 Å². The van der Waals surface area contributed by atoms with Gasteiger partial charge in [-0.1, -0.05) is 0 Å². The standard InChI is InChI=1S/C14H15N3O4/c1-16-10-4-3-9(6-8(10)2-5-12(16)18)17-7-11(13(15)19)21-14(17)20/h3-4,6,11H,2,5,7H2,1H3,(H2,15,19). The van der Waals surface area contributed by atoms with Crippen molar-refractivity contribution < 1.29 is 19.1 Å². The van der Waals surface area contributed by atoms with E-state index >= 15 is 0 Å². The van der Waals surface area contributed by atoms with Crippen LogP contribution in [0.2, 0.25) is 0 Å². The van der Waals surface area contributed by atoms with Crippen molar-refractivity contribution in [2.24, 2.45) is 5.73 Å². The molecule has 1 unspecified atom stereocenters. The predicted octanol–water partition coefficient (Wildman–Crippen LogP) is 0.406. The molecule has 1 saturated heterocycles. The molecule has 0 aromatic heterocycles. The molecule has 0 radical (unpaired) electrons. The van der Waals surface area contributed by atoms with E-state index in [1.54, 1.807) is 24.1 Å². The van der Waals surface area contributed by atoms with Crippen LogP contribution in [0.3, 0.4) is 0 Å². The van der Waals surface area contributed by atoms with Crippen LogP contribution in [0.25, 0.3) is 0 Å². The van der Waals surface area contributed by atoms with E-state index in [1.807, 2.05) is 6.07 Å². The van der Waals surface area contributed by atoms with E-state index in [9.17, 15) is 14.4 Å². The van der Waals surface area contributed by atoms with Crippen molar-refractivity contribution in [2.75, 3.05) is 23.4 Å². The first-order chi connectivity index (χ1) is 9.97. The highest BCUT2D eigenvalue weighted by atomic mass is 16.6. The predicted molar refractivity (Wildman–Crippen MR) is 75.0 cm³/mol. The zero-order chi connectivity index (χ0) is 15.1. The van der Waals surface area contributed by atoms with E-state index in [1.165, 1.54) is 4.90 Å². The quantitative estimate of drug-likeness (QED) is 0.853. The smallest absolute Gasteiger partial charge is 0.415 e. The molecule has 0 aliphatic carbocycles. The number of nitrogens with two attached hydrogens (primary N) is 1. The Morgan fingerprint density at radius 1 is 1.33 bits per heavy atom. The number of primary amides is 1. The van der Waals surface area contributed by atoms with Gasteiger partial charge in [0.25, 0.3) is 5.91 Å². The molecule has 0 spiro atoms. The second kappa shape index (κ2) is 4.76. The number of nitrogens with zero attached hydrogens (tertiary/aromatic N) is 2. The lowest BCUT2D eigenvalue weighted by molar-refractivity contribution is -0.124. The molecular weight excluding hydrogens is 274 g/mol. The molecule has 2 aliphatic rings. The molecule has 1 aromatic rings. The van der Waals surface area contributed by atoms with Crippen LogP contribution in [-0.2, 0) is 20.7 Å². The molecule has 110 valence electrons. The summed E-state index contributed by atoms with van der Waals surface area (Å²) in [5.41, 5.74) is 7.63. The highest BCUT2D eigenvalue weighted by Gasteiger charge is 2.36. The zero-order valence-corrected chi connectivity index (χ0v) is 11.5. The Balaban J connectivity index is 1.90. The zero-order valence-electron chi connectivity index (χ0n) is 11.5. The van der Waals surface area contributed by atoms with Crippen molar-refractivity contribution in [3.05, 3.63) is 23.8 Å². The third-order valence-electron chi connectivity index (χ3n) is 3.85. The van der Waals surface area contributed by atoms with Gasteiger partial charge in [0.05, 0.1) is 6.54 Å². The van der Waals surface area contributed by atoms with Crippen molar-refractivity contribution in [1.82, 2.24) is 0 Å². The van der Waals surface area contributed by atoms with Gasteiger partial charge in [-0.15, -0.1) is 0 Å². The fraction of sp³-hybridized carbons (Fsp3) is 0.357. The van der Waals surface area contributed by atoms with Crippen LogP contribution < -0.4 is 15.5 Å². The van der Waals surface area contributed by atoms with E-state index in [0.717, 1.165) is 11.3 Å². The number of carbonyl (C=O) groups excluding carboxylic acids is 3. The van der Waals surface area contributed by atoms with E-state index in [-0.39, 0.29) is 12.5 Å². The number of benzene rings is 1. The fourth-order valence-electron chi connectivity index (χ4n) is 2.63. The molecule has 3 amide bonds. The Kier molecular flexibility index (Phi) is 3.04. The first kappa shape index (κ1) is 13.4. The van der Waals surface area contributed by atoms with Gasteiger partial charge in [-0.25, -0.2) is 4.79 Å². The molecule has 1 aromatic carbocycles. The molecule has 21 heavy (non-hydrogen) atoms. The molecule has 3 rings (SSSR count). The average Bonchev–Trinajstić information content (AvgIpc) is 2.85. The van der Waals surface area contributed by atoms with E-state index in [2.05, 4.69) is 0 Å². The van der Waals surface area contributed by atoms with E-state index < -0.39 is 18.1 Å². The molecule has 7 nitrogen and oxygen atoms in total. The number of ether oxygens (including phenoxy) is 1. The van der Waals surface area contributed by atoms with Gasteiger partial charge in [-0.2, -0.15) is 0 Å². The molecule has 2 N–H and O–H groups in total. The largest absolute Gasteiger partial charge is 0.434 e. The van der Waals surface area contributed by atoms with Crippen LogP contribution in [-0.4, -0.2) is 37.6 Å². The number of hydrogen-bond acceptors (Lipinski definition) is 4. The van der Waals surface area contributed by atoms with Gasteiger partial charge < -0.3 is 15.4 Å². The number of rotatable bonds is 2. The average molecular weight is 289 g/mol. The first-order valence-corrected chi connectivity index (χ1v) is 6.64. The lowest BCUT2D eigenvalue weighted by Crippen LogP contribution is -2.33. The molecule has 1 atom stereocenters. The summed E-state index contributed by atoms with van der Waals surface area (Å²) in [6.45, 7) is 0.113. The lowest BCUT2D eigenvalue weighted by atomic mass is 10.0. The second-order valence-electron chi connectivity index (χ2n) is 5.15. The number of anilines is 2. The second-order valence-corrected chi connectivity index (χ2v) is 5.15. The highest BCUT2D eigenvalue weighted by molar-refractivity contribution is 5.98. The molecule has 0 bridgehead atoms. The normalized spacial score (nSPS) is 21.3.